The van der Waals surface area contributed by atoms with Crippen LogP contribution in [0, 0.1) is 10.1 Å². The zero-order valence-corrected chi connectivity index (χ0v) is 11.3. The number of aromatic nitrogens is 2. The second-order valence-corrected chi connectivity index (χ2v) is 4.64. The van der Waals surface area contributed by atoms with Gasteiger partial charge in [-0.25, -0.2) is 4.79 Å². The first-order chi connectivity index (χ1) is 10.6. The van der Waals surface area contributed by atoms with Crippen LogP contribution >= 0.6 is 0 Å². The van der Waals surface area contributed by atoms with Gasteiger partial charge >= 0.3 is 5.69 Å². The second-order valence-electron chi connectivity index (χ2n) is 4.64. The summed E-state index contributed by atoms with van der Waals surface area (Å²) in [6, 6.07) is 12.4. The Balaban J connectivity index is 2.10. The van der Waals surface area contributed by atoms with Crippen molar-refractivity contribution in [3.8, 4) is 22.7 Å². The predicted octanol–water partition coefficient (Wildman–Crippen LogP) is 2.45. The molecule has 0 aliphatic carbocycles. The standard InChI is InChI=1S/C15H11N3O4/c19-14-7-2-1-6-13(14)17-9-12(16-15(17)20)10-4-3-5-11(8-10)18(21)22/h1-9,19H,(H,16,20). The zero-order chi connectivity index (χ0) is 15.7. The molecule has 0 radical (unpaired) electrons. The number of hydrogen-bond acceptors (Lipinski definition) is 4. The Kier molecular flexibility index (Phi) is 3.23. The number of phenols is 1. The monoisotopic (exact) mass is 297 g/mol. The fraction of sp³-hybridized carbons (Fsp3) is 0. The first-order valence-corrected chi connectivity index (χ1v) is 6.41. The minimum Gasteiger partial charge on any atom is -0.506 e. The summed E-state index contributed by atoms with van der Waals surface area (Å²) in [5, 5.41) is 20.6. The Labute approximate surface area is 124 Å². The van der Waals surface area contributed by atoms with Gasteiger partial charge in [0.1, 0.15) is 5.75 Å². The van der Waals surface area contributed by atoms with Gasteiger partial charge in [-0.1, -0.05) is 24.3 Å². The molecule has 2 N–H and O–H groups in total. The normalized spacial score (nSPS) is 10.5. The lowest BCUT2D eigenvalue weighted by atomic mass is 10.1. The molecule has 3 rings (SSSR count). The summed E-state index contributed by atoms with van der Waals surface area (Å²) in [6.45, 7) is 0. The SMILES string of the molecule is O=c1[nH]c(-c2cccc([N+](=O)[O-])c2)cn1-c1ccccc1O. The number of nitro benzene ring substituents is 1. The fourth-order valence-corrected chi connectivity index (χ4v) is 2.18. The van der Waals surface area contributed by atoms with Crippen molar-refractivity contribution in [3.63, 3.8) is 0 Å². The van der Waals surface area contributed by atoms with E-state index in [1.807, 2.05) is 0 Å². The number of non-ortho nitro benzene ring substituents is 1. The summed E-state index contributed by atoms with van der Waals surface area (Å²) < 4.78 is 1.25. The Morgan fingerprint density at radius 1 is 1.14 bits per heavy atom. The average molecular weight is 297 g/mol. The smallest absolute Gasteiger partial charge is 0.330 e. The lowest BCUT2D eigenvalue weighted by Gasteiger charge is -2.02. The quantitative estimate of drug-likeness (QED) is 0.572. The molecule has 0 amide bonds. The molecule has 0 spiro atoms. The number of nitro groups is 1. The molecule has 0 aliphatic rings. The maximum Gasteiger partial charge on any atom is 0.330 e. The molecular formula is C15H11N3O4. The molecule has 7 heteroatoms. The van der Waals surface area contributed by atoms with Gasteiger partial charge in [0.15, 0.2) is 0 Å². The minimum absolute atomic E-state index is 0.0332. The Morgan fingerprint density at radius 3 is 2.64 bits per heavy atom. The molecular weight excluding hydrogens is 286 g/mol. The van der Waals surface area contributed by atoms with E-state index in [0.29, 0.717) is 16.9 Å². The van der Waals surface area contributed by atoms with Crippen LogP contribution in [0.25, 0.3) is 16.9 Å². The number of benzene rings is 2. The first-order valence-electron chi connectivity index (χ1n) is 6.41. The summed E-state index contributed by atoms with van der Waals surface area (Å²) in [7, 11) is 0. The van der Waals surface area contributed by atoms with Crippen LogP contribution in [0.2, 0.25) is 0 Å². The summed E-state index contributed by atoms with van der Waals surface area (Å²) in [5.41, 5.74) is 0.773. The van der Waals surface area contributed by atoms with Crippen molar-refractivity contribution in [2.75, 3.05) is 0 Å². The van der Waals surface area contributed by atoms with Crippen molar-refractivity contribution in [1.82, 2.24) is 9.55 Å². The van der Waals surface area contributed by atoms with Gasteiger partial charge in [-0.05, 0) is 12.1 Å². The number of nitrogens with one attached hydrogen (secondary N) is 1. The highest BCUT2D eigenvalue weighted by Crippen LogP contribution is 2.24. The summed E-state index contributed by atoms with van der Waals surface area (Å²) >= 11 is 0. The van der Waals surface area contributed by atoms with Gasteiger partial charge in [0.25, 0.3) is 5.69 Å². The summed E-state index contributed by atoms with van der Waals surface area (Å²) in [6.07, 6.45) is 1.50. The summed E-state index contributed by atoms with van der Waals surface area (Å²) in [5.74, 6) is -0.0332. The molecule has 110 valence electrons. The minimum atomic E-state index is -0.498. The lowest BCUT2D eigenvalue weighted by molar-refractivity contribution is -0.384. The Bertz CT molecular complexity index is 911. The van der Waals surface area contributed by atoms with Crippen molar-refractivity contribution >= 4 is 5.69 Å². The molecule has 1 heterocycles. The summed E-state index contributed by atoms with van der Waals surface area (Å²) in [4.78, 5) is 25.0. The largest absolute Gasteiger partial charge is 0.506 e. The van der Waals surface area contributed by atoms with Crippen LogP contribution in [0.5, 0.6) is 5.75 Å². The van der Waals surface area contributed by atoms with E-state index in [9.17, 15) is 20.0 Å². The first kappa shape index (κ1) is 13.6. The Morgan fingerprint density at radius 2 is 1.91 bits per heavy atom. The molecule has 0 saturated carbocycles. The van der Waals surface area contributed by atoms with Crippen molar-refractivity contribution in [2.45, 2.75) is 0 Å². The van der Waals surface area contributed by atoms with Crippen LogP contribution in [0.4, 0.5) is 5.69 Å². The van der Waals surface area contributed by atoms with Crippen LogP contribution in [-0.2, 0) is 0 Å². The third-order valence-electron chi connectivity index (χ3n) is 3.23. The van der Waals surface area contributed by atoms with E-state index in [1.54, 1.807) is 30.3 Å². The maximum absolute atomic E-state index is 12.0. The number of phenolic OH excluding ortho intramolecular Hbond substituents is 1. The molecule has 0 atom stereocenters. The van der Waals surface area contributed by atoms with E-state index in [1.165, 1.54) is 29.0 Å². The van der Waals surface area contributed by atoms with Gasteiger partial charge in [0, 0.05) is 23.9 Å². The molecule has 22 heavy (non-hydrogen) atoms. The highest BCUT2D eigenvalue weighted by atomic mass is 16.6. The van der Waals surface area contributed by atoms with Gasteiger partial charge in [0.2, 0.25) is 0 Å². The van der Waals surface area contributed by atoms with E-state index in [2.05, 4.69) is 4.98 Å². The van der Waals surface area contributed by atoms with Crippen molar-refractivity contribution in [2.24, 2.45) is 0 Å². The Hall–Kier alpha value is -3.35. The molecule has 3 aromatic rings. The van der Waals surface area contributed by atoms with Crippen LogP contribution in [-0.4, -0.2) is 19.6 Å². The molecule has 2 aromatic carbocycles. The molecule has 1 aromatic heterocycles. The fourth-order valence-electron chi connectivity index (χ4n) is 2.18. The highest BCUT2D eigenvalue weighted by Gasteiger charge is 2.12. The number of aromatic amines is 1. The van der Waals surface area contributed by atoms with E-state index in [-0.39, 0.29) is 11.4 Å². The van der Waals surface area contributed by atoms with Gasteiger partial charge in [-0.3, -0.25) is 14.7 Å². The van der Waals surface area contributed by atoms with Gasteiger partial charge in [-0.15, -0.1) is 0 Å². The lowest BCUT2D eigenvalue weighted by Crippen LogP contribution is -2.13. The van der Waals surface area contributed by atoms with Gasteiger partial charge < -0.3 is 10.1 Å². The van der Waals surface area contributed by atoms with Crippen LogP contribution in [0.1, 0.15) is 0 Å². The van der Waals surface area contributed by atoms with Crippen LogP contribution < -0.4 is 5.69 Å². The molecule has 0 saturated heterocycles. The maximum atomic E-state index is 12.0. The molecule has 0 unspecified atom stereocenters. The number of aromatic hydroxyl groups is 1. The average Bonchev–Trinajstić information content (AvgIpc) is 2.90. The van der Waals surface area contributed by atoms with Gasteiger partial charge in [0.05, 0.1) is 16.3 Å². The second kappa shape index (κ2) is 5.21. The topological polar surface area (TPSA) is 101 Å². The van der Waals surface area contributed by atoms with Crippen LogP contribution in [0.3, 0.4) is 0 Å². The van der Waals surface area contributed by atoms with Crippen molar-refractivity contribution in [3.05, 3.63) is 75.3 Å². The van der Waals surface area contributed by atoms with E-state index in [4.69, 9.17) is 0 Å². The van der Waals surface area contributed by atoms with E-state index >= 15 is 0 Å². The number of H-pyrrole nitrogens is 1. The molecule has 0 aliphatic heterocycles. The third kappa shape index (κ3) is 2.35. The predicted molar refractivity (Wildman–Crippen MR) is 80.1 cm³/mol. The van der Waals surface area contributed by atoms with E-state index in [0.717, 1.165) is 0 Å². The molecule has 7 nitrogen and oxygen atoms in total. The third-order valence-corrected chi connectivity index (χ3v) is 3.23. The van der Waals surface area contributed by atoms with Gasteiger partial charge in [-0.2, -0.15) is 0 Å². The van der Waals surface area contributed by atoms with Crippen molar-refractivity contribution < 1.29 is 10.0 Å². The van der Waals surface area contributed by atoms with Crippen LogP contribution in [0.15, 0.2) is 59.5 Å². The molecule has 0 bridgehead atoms. The highest BCUT2D eigenvalue weighted by molar-refractivity contribution is 5.62. The zero-order valence-electron chi connectivity index (χ0n) is 11.3. The number of para-hydroxylation sites is 2. The number of rotatable bonds is 3. The molecule has 0 fully saturated rings. The van der Waals surface area contributed by atoms with Crippen molar-refractivity contribution in [1.29, 1.82) is 0 Å². The number of hydrogen-bond donors (Lipinski definition) is 2. The number of nitrogens with zero attached hydrogens (tertiary/aromatic N) is 2. The number of imidazole rings is 1. The van der Waals surface area contributed by atoms with E-state index < -0.39 is 10.6 Å².